The summed E-state index contributed by atoms with van der Waals surface area (Å²) in [7, 11) is 0. The van der Waals surface area contributed by atoms with Gasteiger partial charge in [-0.25, -0.2) is 0 Å². The highest BCUT2D eigenvalue weighted by Gasteiger charge is 2.07. The number of benzene rings is 1. The van der Waals surface area contributed by atoms with Gasteiger partial charge in [0.2, 0.25) is 0 Å². The van der Waals surface area contributed by atoms with Crippen LogP contribution in [0.15, 0.2) is 18.2 Å². The molecule has 0 aliphatic carbocycles. The Morgan fingerprint density at radius 1 is 1.47 bits per heavy atom. The van der Waals surface area contributed by atoms with Crippen LogP contribution >= 0.6 is 0 Å². The van der Waals surface area contributed by atoms with Crippen molar-refractivity contribution in [1.82, 2.24) is 5.32 Å². The first-order chi connectivity index (χ1) is 8.08. The van der Waals surface area contributed by atoms with Crippen molar-refractivity contribution >= 4 is 11.6 Å². The molecule has 17 heavy (non-hydrogen) atoms. The lowest BCUT2D eigenvalue weighted by Gasteiger charge is -2.15. The smallest absolute Gasteiger partial charge is 0.251 e. The number of carbonyl (C=O) groups excluding carboxylic acids is 1. The number of nitrogens with one attached hydrogen (secondary N) is 2. The van der Waals surface area contributed by atoms with Crippen LogP contribution in [0.3, 0.4) is 0 Å². The van der Waals surface area contributed by atoms with Gasteiger partial charge in [-0.3, -0.25) is 4.79 Å². The van der Waals surface area contributed by atoms with E-state index in [1.54, 1.807) is 0 Å². The molecule has 1 aromatic carbocycles. The molecule has 4 N–H and O–H groups in total. The summed E-state index contributed by atoms with van der Waals surface area (Å²) in [4.78, 5) is 11.6. The van der Waals surface area contributed by atoms with Gasteiger partial charge in [0.15, 0.2) is 0 Å². The lowest BCUT2D eigenvalue weighted by Crippen LogP contribution is -2.26. The van der Waals surface area contributed by atoms with E-state index in [9.17, 15) is 4.79 Å². The first-order valence-electron chi connectivity index (χ1n) is 5.94. The van der Waals surface area contributed by atoms with Gasteiger partial charge in [0.25, 0.3) is 5.91 Å². The van der Waals surface area contributed by atoms with Crippen molar-refractivity contribution in [2.45, 2.75) is 26.8 Å². The second kappa shape index (κ2) is 6.25. The van der Waals surface area contributed by atoms with Crippen molar-refractivity contribution in [2.75, 3.05) is 18.4 Å². The maximum absolute atomic E-state index is 11.6. The molecule has 0 saturated heterocycles. The molecule has 0 spiro atoms. The Hall–Kier alpha value is -1.55. The average Bonchev–Trinajstić information content (AvgIpc) is 2.31. The first kappa shape index (κ1) is 13.5. The Labute approximate surface area is 103 Å². The highest BCUT2D eigenvalue weighted by atomic mass is 16.1. The van der Waals surface area contributed by atoms with E-state index in [-0.39, 0.29) is 11.9 Å². The third-order valence-electron chi connectivity index (χ3n) is 2.58. The number of anilines is 1. The maximum atomic E-state index is 11.6. The molecule has 0 aromatic heterocycles. The van der Waals surface area contributed by atoms with E-state index in [0.29, 0.717) is 18.7 Å². The van der Waals surface area contributed by atoms with Crippen LogP contribution < -0.4 is 16.4 Å². The van der Waals surface area contributed by atoms with Gasteiger partial charge in [-0.15, -0.1) is 0 Å². The molecule has 1 rings (SSSR count). The lowest BCUT2D eigenvalue weighted by atomic mass is 10.1. The van der Waals surface area contributed by atoms with Crippen molar-refractivity contribution in [1.29, 1.82) is 0 Å². The predicted molar refractivity (Wildman–Crippen MR) is 71.3 cm³/mol. The molecule has 1 atom stereocenters. The zero-order chi connectivity index (χ0) is 12.8. The van der Waals surface area contributed by atoms with Gasteiger partial charge in [-0.05, 0) is 44.5 Å². The number of aryl methyl sites for hydroxylation is 1. The predicted octanol–water partition coefficient (Wildman–Crippen LogP) is 1.50. The molecule has 0 radical (unpaired) electrons. The van der Waals surface area contributed by atoms with Crippen molar-refractivity contribution < 1.29 is 4.79 Å². The van der Waals surface area contributed by atoms with Crippen molar-refractivity contribution in [3.8, 4) is 0 Å². The number of hydrogen-bond donors (Lipinski definition) is 3. The quantitative estimate of drug-likeness (QED) is 0.724. The molecule has 1 unspecified atom stereocenters. The average molecular weight is 235 g/mol. The minimum Gasteiger partial charge on any atom is -0.381 e. The summed E-state index contributed by atoms with van der Waals surface area (Å²) in [6.45, 7) is 7.13. The Morgan fingerprint density at radius 3 is 2.71 bits per heavy atom. The van der Waals surface area contributed by atoms with Crippen molar-refractivity contribution in [2.24, 2.45) is 5.73 Å². The zero-order valence-electron chi connectivity index (χ0n) is 10.7. The fourth-order valence-electron chi connectivity index (χ4n) is 1.55. The second-order valence-electron chi connectivity index (χ2n) is 4.17. The molecule has 0 saturated carbocycles. The Balaban J connectivity index is 2.82. The zero-order valence-corrected chi connectivity index (χ0v) is 10.7. The minimum absolute atomic E-state index is 0.0333. The fourth-order valence-corrected chi connectivity index (χ4v) is 1.55. The topological polar surface area (TPSA) is 67.2 Å². The monoisotopic (exact) mass is 235 g/mol. The molecular weight excluding hydrogens is 214 g/mol. The van der Waals surface area contributed by atoms with Gasteiger partial charge in [-0.1, -0.05) is 0 Å². The van der Waals surface area contributed by atoms with E-state index in [1.165, 1.54) is 0 Å². The lowest BCUT2D eigenvalue weighted by molar-refractivity contribution is 0.0956. The summed E-state index contributed by atoms with van der Waals surface area (Å²) in [5.41, 5.74) is 8.33. The van der Waals surface area contributed by atoms with Crippen LogP contribution in [0.25, 0.3) is 0 Å². The van der Waals surface area contributed by atoms with E-state index in [0.717, 1.165) is 11.3 Å². The SMILES string of the molecule is CCNC(=O)c1ccc(NC(C)CN)c(C)c1. The van der Waals surface area contributed by atoms with Crippen LogP contribution in [0.4, 0.5) is 5.69 Å². The third kappa shape index (κ3) is 3.75. The van der Waals surface area contributed by atoms with Gasteiger partial charge in [0, 0.05) is 30.4 Å². The van der Waals surface area contributed by atoms with E-state index < -0.39 is 0 Å². The second-order valence-corrected chi connectivity index (χ2v) is 4.17. The van der Waals surface area contributed by atoms with E-state index >= 15 is 0 Å². The highest BCUT2D eigenvalue weighted by molar-refractivity contribution is 5.94. The first-order valence-corrected chi connectivity index (χ1v) is 5.94. The molecule has 0 fully saturated rings. The molecule has 0 bridgehead atoms. The van der Waals surface area contributed by atoms with Crippen LogP contribution in [0.2, 0.25) is 0 Å². The Kier molecular flexibility index (Phi) is 4.97. The third-order valence-corrected chi connectivity index (χ3v) is 2.58. The van der Waals surface area contributed by atoms with E-state index in [1.807, 2.05) is 39.0 Å². The van der Waals surface area contributed by atoms with Crippen LogP contribution in [0.1, 0.15) is 29.8 Å². The minimum atomic E-state index is -0.0333. The van der Waals surface area contributed by atoms with Crippen LogP contribution in [0.5, 0.6) is 0 Å². The molecule has 0 aliphatic heterocycles. The summed E-state index contributed by atoms with van der Waals surface area (Å²) in [6, 6.07) is 5.86. The molecule has 4 heteroatoms. The standard InChI is InChI=1S/C13H21N3O/c1-4-15-13(17)11-5-6-12(9(2)7-11)16-10(3)8-14/h5-7,10,16H,4,8,14H2,1-3H3,(H,15,17). The summed E-state index contributed by atoms with van der Waals surface area (Å²) in [6.07, 6.45) is 0. The Morgan fingerprint density at radius 2 is 2.18 bits per heavy atom. The van der Waals surface area contributed by atoms with Gasteiger partial charge < -0.3 is 16.4 Å². The maximum Gasteiger partial charge on any atom is 0.251 e. The van der Waals surface area contributed by atoms with E-state index in [2.05, 4.69) is 10.6 Å². The molecule has 4 nitrogen and oxygen atoms in total. The van der Waals surface area contributed by atoms with E-state index in [4.69, 9.17) is 5.73 Å². The van der Waals surface area contributed by atoms with Gasteiger partial charge in [0.1, 0.15) is 0 Å². The molecular formula is C13H21N3O. The molecule has 1 aromatic rings. The van der Waals surface area contributed by atoms with Crippen molar-refractivity contribution in [3.05, 3.63) is 29.3 Å². The number of carbonyl (C=O) groups is 1. The van der Waals surface area contributed by atoms with Gasteiger partial charge in [-0.2, -0.15) is 0 Å². The van der Waals surface area contributed by atoms with Crippen LogP contribution in [0, 0.1) is 6.92 Å². The number of nitrogens with two attached hydrogens (primary N) is 1. The summed E-state index contributed by atoms with van der Waals surface area (Å²) < 4.78 is 0. The highest BCUT2D eigenvalue weighted by Crippen LogP contribution is 2.17. The largest absolute Gasteiger partial charge is 0.381 e. The number of amides is 1. The number of hydrogen-bond acceptors (Lipinski definition) is 3. The van der Waals surface area contributed by atoms with Crippen LogP contribution in [-0.4, -0.2) is 25.0 Å². The van der Waals surface area contributed by atoms with Gasteiger partial charge in [0.05, 0.1) is 0 Å². The fraction of sp³-hybridized carbons (Fsp3) is 0.462. The molecule has 0 aliphatic rings. The van der Waals surface area contributed by atoms with Gasteiger partial charge >= 0.3 is 0 Å². The van der Waals surface area contributed by atoms with Crippen molar-refractivity contribution in [3.63, 3.8) is 0 Å². The molecule has 94 valence electrons. The molecule has 0 heterocycles. The number of rotatable bonds is 5. The normalized spacial score (nSPS) is 12.0. The molecule has 1 amide bonds. The van der Waals surface area contributed by atoms with Crippen LogP contribution in [-0.2, 0) is 0 Å². The summed E-state index contributed by atoms with van der Waals surface area (Å²) >= 11 is 0. The summed E-state index contributed by atoms with van der Waals surface area (Å²) in [5, 5.41) is 6.08. The summed E-state index contributed by atoms with van der Waals surface area (Å²) in [5.74, 6) is -0.0333. The Bertz CT molecular complexity index is 390.